The van der Waals surface area contributed by atoms with Gasteiger partial charge in [0.05, 0.1) is 16.8 Å². The molecule has 0 spiro atoms. The molecule has 1 N–H and O–H groups in total. The second kappa shape index (κ2) is 3.94. The number of hydrogen-bond acceptors (Lipinski definition) is 3. The van der Waals surface area contributed by atoms with Crippen LogP contribution in [0.3, 0.4) is 0 Å². The van der Waals surface area contributed by atoms with Crippen molar-refractivity contribution in [3.63, 3.8) is 0 Å². The van der Waals surface area contributed by atoms with Gasteiger partial charge in [0, 0.05) is 12.5 Å². The third-order valence-corrected chi connectivity index (χ3v) is 4.42. The van der Waals surface area contributed by atoms with Crippen LogP contribution in [0.5, 0.6) is 0 Å². The summed E-state index contributed by atoms with van der Waals surface area (Å²) in [6.07, 6.45) is 2.94. The molecule has 0 bridgehead atoms. The molecule has 3 nitrogen and oxygen atoms in total. The van der Waals surface area contributed by atoms with Crippen molar-refractivity contribution in [1.29, 1.82) is 0 Å². The number of likely N-dealkylation sites (N-methyl/N-ethyl adjacent to an activating group) is 1. The first kappa shape index (κ1) is 13.3. The second-order valence-electron chi connectivity index (χ2n) is 7.17. The van der Waals surface area contributed by atoms with Gasteiger partial charge < -0.3 is 14.7 Å². The van der Waals surface area contributed by atoms with Crippen LogP contribution in [0.4, 0.5) is 0 Å². The summed E-state index contributed by atoms with van der Waals surface area (Å²) in [6, 6.07) is 0. The molecule has 2 atom stereocenters. The molecule has 2 rings (SSSR count). The van der Waals surface area contributed by atoms with Crippen molar-refractivity contribution in [2.75, 3.05) is 20.1 Å². The Hall–Kier alpha value is -0.120. The predicted molar refractivity (Wildman–Crippen MR) is 69.0 cm³/mol. The standard InChI is InChI=1S/C14H27NO2/c1-12(2)9-11(13(3,4)17-12)14(16)7-6-8-15(5)10-14/h11,16H,6-10H2,1-5H3. The fourth-order valence-electron chi connectivity index (χ4n) is 3.96. The smallest absolute Gasteiger partial charge is 0.0830 e. The summed E-state index contributed by atoms with van der Waals surface area (Å²) >= 11 is 0. The zero-order valence-corrected chi connectivity index (χ0v) is 11.9. The van der Waals surface area contributed by atoms with Gasteiger partial charge in [0.15, 0.2) is 0 Å². The van der Waals surface area contributed by atoms with Gasteiger partial charge in [-0.15, -0.1) is 0 Å². The Labute approximate surface area is 105 Å². The van der Waals surface area contributed by atoms with E-state index in [0.717, 1.165) is 32.4 Å². The average Bonchev–Trinajstić information content (AvgIpc) is 2.34. The van der Waals surface area contributed by atoms with Gasteiger partial charge in [0.25, 0.3) is 0 Å². The van der Waals surface area contributed by atoms with E-state index in [-0.39, 0.29) is 17.1 Å². The highest BCUT2D eigenvalue weighted by atomic mass is 16.5. The van der Waals surface area contributed by atoms with E-state index in [4.69, 9.17) is 4.74 Å². The Morgan fingerprint density at radius 3 is 2.35 bits per heavy atom. The SMILES string of the molecule is CN1CCCC(O)(C2CC(C)(C)OC2(C)C)C1. The molecule has 0 aliphatic carbocycles. The number of β-amino-alcohol motifs (C(OH)–C–C–N with tert-alkyl or cyclic N) is 1. The molecule has 3 heteroatoms. The van der Waals surface area contributed by atoms with E-state index >= 15 is 0 Å². The predicted octanol–water partition coefficient (Wildman–Crippen LogP) is 2.04. The summed E-state index contributed by atoms with van der Waals surface area (Å²) in [5.41, 5.74) is -0.916. The zero-order valence-electron chi connectivity index (χ0n) is 11.9. The highest BCUT2D eigenvalue weighted by molar-refractivity contribution is 5.05. The van der Waals surface area contributed by atoms with E-state index < -0.39 is 5.60 Å². The van der Waals surface area contributed by atoms with Crippen molar-refractivity contribution in [3.05, 3.63) is 0 Å². The Balaban J connectivity index is 2.21. The molecule has 0 saturated carbocycles. The quantitative estimate of drug-likeness (QED) is 0.762. The summed E-state index contributed by atoms with van der Waals surface area (Å²) in [7, 11) is 2.10. The molecule has 0 aromatic heterocycles. The molecule has 2 unspecified atom stereocenters. The molecule has 2 aliphatic heterocycles. The minimum absolute atomic E-state index is 0.111. The Morgan fingerprint density at radius 2 is 1.88 bits per heavy atom. The molecular weight excluding hydrogens is 214 g/mol. The minimum Gasteiger partial charge on any atom is -0.388 e. The summed E-state index contributed by atoms with van der Waals surface area (Å²) in [5.74, 6) is 0.229. The molecule has 0 radical (unpaired) electrons. The lowest BCUT2D eigenvalue weighted by molar-refractivity contribution is -0.130. The van der Waals surface area contributed by atoms with Crippen LogP contribution in [0.2, 0.25) is 0 Å². The molecule has 0 aromatic carbocycles. The van der Waals surface area contributed by atoms with Crippen molar-refractivity contribution >= 4 is 0 Å². The maximum absolute atomic E-state index is 11.0. The molecule has 2 heterocycles. The van der Waals surface area contributed by atoms with Crippen LogP contribution in [0, 0.1) is 5.92 Å². The lowest BCUT2D eigenvalue weighted by Crippen LogP contribution is -2.55. The van der Waals surface area contributed by atoms with Crippen LogP contribution in [0.25, 0.3) is 0 Å². The lowest BCUT2D eigenvalue weighted by Gasteiger charge is -2.45. The number of likely N-dealkylation sites (tertiary alicyclic amines) is 1. The fraction of sp³-hybridized carbons (Fsp3) is 1.00. The molecule has 2 fully saturated rings. The highest BCUT2D eigenvalue weighted by Gasteiger charge is 2.55. The van der Waals surface area contributed by atoms with Crippen LogP contribution >= 0.6 is 0 Å². The third kappa shape index (κ3) is 2.51. The maximum Gasteiger partial charge on any atom is 0.0830 e. The molecule has 17 heavy (non-hydrogen) atoms. The summed E-state index contributed by atoms with van der Waals surface area (Å²) in [5, 5.41) is 11.0. The van der Waals surface area contributed by atoms with E-state index in [9.17, 15) is 5.11 Å². The van der Waals surface area contributed by atoms with E-state index in [1.54, 1.807) is 0 Å². The van der Waals surface area contributed by atoms with Crippen molar-refractivity contribution < 1.29 is 9.84 Å². The molecular formula is C14H27NO2. The van der Waals surface area contributed by atoms with Gasteiger partial charge in [-0.2, -0.15) is 0 Å². The van der Waals surface area contributed by atoms with Crippen molar-refractivity contribution in [2.45, 2.75) is 63.8 Å². The fourth-order valence-corrected chi connectivity index (χ4v) is 3.96. The molecule has 100 valence electrons. The van der Waals surface area contributed by atoms with E-state index in [2.05, 4.69) is 39.6 Å². The molecule has 0 amide bonds. The Bertz CT molecular complexity index is 301. The number of aliphatic hydroxyl groups is 1. The van der Waals surface area contributed by atoms with E-state index in [1.807, 2.05) is 0 Å². The maximum atomic E-state index is 11.0. The molecule has 0 aromatic rings. The summed E-state index contributed by atoms with van der Waals surface area (Å²) in [6.45, 7) is 10.4. The van der Waals surface area contributed by atoms with Gasteiger partial charge in [-0.05, 0) is 60.5 Å². The zero-order chi connectivity index (χ0) is 12.9. The van der Waals surface area contributed by atoms with Gasteiger partial charge in [-0.3, -0.25) is 0 Å². The number of hydrogen-bond donors (Lipinski definition) is 1. The monoisotopic (exact) mass is 241 g/mol. The topological polar surface area (TPSA) is 32.7 Å². The largest absolute Gasteiger partial charge is 0.388 e. The first-order valence-corrected chi connectivity index (χ1v) is 6.76. The first-order valence-electron chi connectivity index (χ1n) is 6.76. The van der Waals surface area contributed by atoms with Gasteiger partial charge in [0.2, 0.25) is 0 Å². The summed E-state index contributed by atoms with van der Waals surface area (Å²) < 4.78 is 6.12. The van der Waals surface area contributed by atoms with Crippen LogP contribution in [0.1, 0.15) is 47.0 Å². The number of nitrogens with zero attached hydrogens (tertiary/aromatic N) is 1. The van der Waals surface area contributed by atoms with Gasteiger partial charge in [0.1, 0.15) is 0 Å². The molecule has 2 saturated heterocycles. The Morgan fingerprint density at radius 1 is 1.24 bits per heavy atom. The number of piperidine rings is 1. The average molecular weight is 241 g/mol. The Kier molecular flexibility index (Phi) is 3.08. The second-order valence-corrected chi connectivity index (χ2v) is 7.17. The van der Waals surface area contributed by atoms with Gasteiger partial charge >= 0.3 is 0 Å². The normalized spacial score (nSPS) is 41.6. The van der Waals surface area contributed by atoms with E-state index in [1.165, 1.54) is 0 Å². The summed E-state index contributed by atoms with van der Waals surface area (Å²) in [4.78, 5) is 2.24. The van der Waals surface area contributed by atoms with Gasteiger partial charge in [-0.25, -0.2) is 0 Å². The van der Waals surface area contributed by atoms with Crippen LogP contribution in [0.15, 0.2) is 0 Å². The van der Waals surface area contributed by atoms with Crippen LogP contribution in [-0.2, 0) is 4.74 Å². The van der Waals surface area contributed by atoms with Crippen LogP contribution < -0.4 is 0 Å². The lowest BCUT2D eigenvalue weighted by atomic mass is 9.71. The molecule has 2 aliphatic rings. The number of ether oxygens (including phenoxy) is 1. The van der Waals surface area contributed by atoms with Crippen molar-refractivity contribution in [1.82, 2.24) is 4.90 Å². The van der Waals surface area contributed by atoms with Crippen molar-refractivity contribution in [3.8, 4) is 0 Å². The minimum atomic E-state index is -0.579. The van der Waals surface area contributed by atoms with Crippen molar-refractivity contribution in [2.24, 2.45) is 5.92 Å². The number of rotatable bonds is 1. The van der Waals surface area contributed by atoms with E-state index in [0.29, 0.717) is 0 Å². The van der Waals surface area contributed by atoms with Gasteiger partial charge in [-0.1, -0.05) is 0 Å². The van der Waals surface area contributed by atoms with Crippen LogP contribution in [-0.4, -0.2) is 46.9 Å². The highest BCUT2D eigenvalue weighted by Crippen LogP contribution is 2.49. The first-order chi connectivity index (χ1) is 7.65. The third-order valence-electron chi connectivity index (χ3n) is 4.42.